The number of rotatable bonds is 14. The number of hydrogen-bond donors (Lipinski definition) is 7. The number of hydrogen-bond acceptors (Lipinski definition) is 8. The van der Waals surface area contributed by atoms with E-state index in [-0.39, 0.29) is 12.1 Å². The van der Waals surface area contributed by atoms with Crippen molar-refractivity contribution in [1.82, 2.24) is 26.3 Å². The molecule has 0 bridgehead atoms. The largest absolute Gasteiger partial charge is 0.467 e. The van der Waals surface area contributed by atoms with Crippen LogP contribution >= 0.6 is 0 Å². The second-order valence-electron chi connectivity index (χ2n) is 8.75. The first-order valence-electron chi connectivity index (χ1n) is 12.4. The minimum Gasteiger partial charge on any atom is -0.467 e. The smallest absolute Gasteiger partial charge is 0.328 e. The van der Waals surface area contributed by atoms with Gasteiger partial charge in [0.15, 0.2) is 0 Å². The summed E-state index contributed by atoms with van der Waals surface area (Å²) in [5.74, 6) is -3.51. The van der Waals surface area contributed by atoms with Crippen LogP contribution in [0.3, 0.4) is 0 Å². The summed E-state index contributed by atoms with van der Waals surface area (Å²) in [6, 6.07) is 6.96. The van der Waals surface area contributed by atoms with Gasteiger partial charge >= 0.3 is 5.97 Å². The monoisotopic (exact) mass is 545 g/mol. The van der Waals surface area contributed by atoms with E-state index in [4.69, 9.17) is 0 Å². The fourth-order valence-electron chi connectivity index (χ4n) is 3.67. The van der Waals surface area contributed by atoms with Gasteiger partial charge in [0, 0.05) is 6.20 Å². The molecule has 0 radical (unpaired) electrons. The topological polar surface area (TPSA) is 199 Å². The number of ether oxygens (including phenoxy) is 1. The quantitative estimate of drug-likeness (QED) is 0.151. The number of carbonyl (C=O) groups excluding carboxylic acids is 5. The first kappa shape index (κ1) is 31.0. The summed E-state index contributed by atoms with van der Waals surface area (Å²) >= 11 is 0. The van der Waals surface area contributed by atoms with E-state index in [1.54, 1.807) is 43.3 Å². The van der Waals surface area contributed by atoms with Crippen molar-refractivity contribution in [2.24, 2.45) is 0 Å². The van der Waals surface area contributed by atoms with E-state index in [2.05, 4.69) is 31.0 Å². The molecule has 13 nitrogen and oxygen atoms in total. The van der Waals surface area contributed by atoms with Crippen LogP contribution in [0, 0.1) is 0 Å². The highest BCUT2D eigenvalue weighted by molar-refractivity contribution is 5.97. The maximum atomic E-state index is 13.1. The number of aromatic nitrogens is 1. The first-order valence-corrected chi connectivity index (χ1v) is 12.4. The highest BCUT2D eigenvalue weighted by Crippen LogP contribution is 2.17. The molecule has 13 heteroatoms. The second-order valence-corrected chi connectivity index (χ2v) is 8.75. The molecule has 1 aromatic carbocycles. The molecule has 39 heavy (non-hydrogen) atoms. The van der Waals surface area contributed by atoms with Crippen molar-refractivity contribution in [2.45, 2.75) is 57.0 Å². The summed E-state index contributed by atoms with van der Waals surface area (Å²) < 4.78 is 4.69. The fourth-order valence-corrected chi connectivity index (χ4v) is 3.67. The van der Waals surface area contributed by atoms with E-state index < -0.39 is 66.5 Å². The van der Waals surface area contributed by atoms with Gasteiger partial charge in [0.25, 0.3) is 5.91 Å². The van der Waals surface area contributed by atoms with Gasteiger partial charge in [0.1, 0.15) is 23.8 Å². The van der Waals surface area contributed by atoms with E-state index in [1.807, 2.05) is 0 Å². The molecule has 0 saturated heterocycles. The van der Waals surface area contributed by atoms with E-state index >= 15 is 0 Å². The van der Waals surface area contributed by atoms with Crippen LogP contribution in [-0.2, 0) is 23.9 Å². The number of aromatic amines is 1. The van der Waals surface area contributed by atoms with E-state index in [0.717, 1.165) is 0 Å². The molecule has 2 aromatic rings. The van der Waals surface area contributed by atoms with Crippen molar-refractivity contribution in [3.05, 3.63) is 59.9 Å². The van der Waals surface area contributed by atoms with Crippen LogP contribution in [0.2, 0.25) is 0 Å². The van der Waals surface area contributed by atoms with Crippen LogP contribution < -0.4 is 21.3 Å². The number of benzene rings is 1. The average molecular weight is 546 g/mol. The maximum absolute atomic E-state index is 13.1. The Morgan fingerprint density at radius 3 is 2.15 bits per heavy atom. The van der Waals surface area contributed by atoms with Gasteiger partial charge in [0.05, 0.1) is 32.3 Å². The van der Waals surface area contributed by atoms with Gasteiger partial charge in [-0.3, -0.25) is 19.2 Å². The third-order valence-corrected chi connectivity index (χ3v) is 5.85. The SMILES string of the molecule is CC[C@H](NC(=O)C[C@H](NC(=O)[C@H](CO)NC(=O)C(NC(=O)c1ccc[nH]1)[C@H](C)O)c1ccccc1)C(=O)OC. The van der Waals surface area contributed by atoms with E-state index in [0.29, 0.717) is 12.0 Å². The molecule has 1 aromatic heterocycles. The molecule has 0 aliphatic rings. The van der Waals surface area contributed by atoms with Crippen molar-refractivity contribution >= 4 is 29.6 Å². The Balaban J connectivity index is 2.13. The maximum Gasteiger partial charge on any atom is 0.328 e. The molecule has 0 saturated carbocycles. The van der Waals surface area contributed by atoms with Gasteiger partial charge in [-0.05, 0) is 31.0 Å². The fraction of sp³-hybridized carbons (Fsp3) is 0.423. The van der Waals surface area contributed by atoms with Crippen LogP contribution in [0.25, 0.3) is 0 Å². The van der Waals surface area contributed by atoms with Crippen molar-refractivity contribution in [1.29, 1.82) is 0 Å². The van der Waals surface area contributed by atoms with Crippen LogP contribution in [-0.4, -0.2) is 82.7 Å². The molecule has 1 heterocycles. The van der Waals surface area contributed by atoms with Crippen LogP contribution in [0.4, 0.5) is 0 Å². The average Bonchev–Trinajstić information content (AvgIpc) is 3.47. The Hall–Kier alpha value is -4.23. The molecule has 0 fully saturated rings. The Labute approximate surface area is 225 Å². The summed E-state index contributed by atoms with van der Waals surface area (Å²) in [6.45, 7) is 2.19. The van der Waals surface area contributed by atoms with Gasteiger partial charge in [-0.15, -0.1) is 0 Å². The summed E-state index contributed by atoms with van der Waals surface area (Å²) in [4.78, 5) is 65.5. The minimum absolute atomic E-state index is 0.159. The second kappa shape index (κ2) is 15.2. The molecule has 0 aliphatic carbocycles. The summed E-state index contributed by atoms with van der Waals surface area (Å²) in [7, 11) is 1.21. The van der Waals surface area contributed by atoms with Crippen molar-refractivity contribution in [2.75, 3.05) is 13.7 Å². The highest BCUT2D eigenvalue weighted by Gasteiger charge is 2.31. The third kappa shape index (κ3) is 9.23. The molecule has 212 valence electrons. The molecular formula is C26H35N5O8. The zero-order valence-corrected chi connectivity index (χ0v) is 22.0. The zero-order chi connectivity index (χ0) is 28.9. The van der Waals surface area contributed by atoms with Crippen molar-refractivity contribution < 1.29 is 38.9 Å². The molecule has 5 atom stereocenters. The summed E-state index contributed by atoms with van der Waals surface area (Å²) in [6.07, 6.45) is 0.232. The van der Waals surface area contributed by atoms with Crippen molar-refractivity contribution in [3.63, 3.8) is 0 Å². The molecule has 7 N–H and O–H groups in total. The third-order valence-electron chi connectivity index (χ3n) is 5.85. The number of carbonyl (C=O) groups is 5. The lowest BCUT2D eigenvalue weighted by Crippen LogP contribution is -2.58. The predicted octanol–water partition coefficient (Wildman–Crippen LogP) is -0.714. The van der Waals surface area contributed by atoms with Gasteiger partial charge in [-0.2, -0.15) is 0 Å². The number of aliphatic hydroxyl groups is 2. The molecular weight excluding hydrogens is 510 g/mol. The number of methoxy groups -OCH3 is 1. The standard InChI is InChI=1S/C26H35N5O8/c1-4-17(26(38)39-3)28-21(34)13-19(16-9-6-5-7-10-16)29-24(36)20(14-32)30-25(37)22(15(2)33)31-23(35)18-11-8-12-27-18/h5-12,15,17,19-20,22,27,32-33H,4,13-14H2,1-3H3,(H,28,34)(H,29,36)(H,30,37)(H,31,35)/t15-,17-,19-,20-,22?/m0/s1. The highest BCUT2D eigenvalue weighted by atomic mass is 16.5. The van der Waals surface area contributed by atoms with E-state index in [9.17, 15) is 34.2 Å². The van der Waals surface area contributed by atoms with E-state index in [1.165, 1.54) is 26.3 Å². The lowest BCUT2D eigenvalue weighted by Gasteiger charge is -2.26. The van der Waals surface area contributed by atoms with Crippen LogP contribution in [0.15, 0.2) is 48.7 Å². The molecule has 0 aliphatic heterocycles. The summed E-state index contributed by atoms with van der Waals surface area (Å²) in [5, 5.41) is 29.8. The van der Waals surface area contributed by atoms with Gasteiger partial charge < -0.3 is 41.2 Å². The Bertz CT molecular complexity index is 1110. The van der Waals surface area contributed by atoms with Gasteiger partial charge in [-0.25, -0.2) is 4.79 Å². The summed E-state index contributed by atoms with van der Waals surface area (Å²) in [5.41, 5.74) is 0.724. The predicted molar refractivity (Wildman–Crippen MR) is 139 cm³/mol. The number of amides is 4. The first-order chi connectivity index (χ1) is 18.6. The minimum atomic E-state index is -1.46. The van der Waals surface area contributed by atoms with Gasteiger partial charge in [-0.1, -0.05) is 37.3 Å². The molecule has 4 amide bonds. The lowest BCUT2D eigenvalue weighted by molar-refractivity contribution is -0.145. The molecule has 1 unspecified atom stereocenters. The Morgan fingerprint density at radius 2 is 1.62 bits per heavy atom. The van der Waals surface area contributed by atoms with Gasteiger partial charge in [0.2, 0.25) is 17.7 Å². The molecule has 2 rings (SSSR count). The Morgan fingerprint density at radius 1 is 0.923 bits per heavy atom. The normalized spacial score (nSPS) is 14.6. The Kier molecular flexibility index (Phi) is 12.1. The zero-order valence-electron chi connectivity index (χ0n) is 22.0. The number of aliphatic hydroxyl groups excluding tert-OH is 2. The van der Waals surface area contributed by atoms with Crippen molar-refractivity contribution in [3.8, 4) is 0 Å². The van der Waals surface area contributed by atoms with Crippen LogP contribution in [0.1, 0.15) is 48.8 Å². The number of H-pyrrole nitrogens is 1. The number of nitrogens with one attached hydrogen (secondary N) is 5. The van der Waals surface area contributed by atoms with Crippen LogP contribution in [0.5, 0.6) is 0 Å². The lowest BCUT2D eigenvalue weighted by atomic mass is 10.0. The molecule has 0 spiro atoms. The number of esters is 1.